The number of nitrogens with two attached hydrogens (primary N) is 1. The summed E-state index contributed by atoms with van der Waals surface area (Å²) in [6.45, 7) is 7.31. The first-order valence-electron chi connectivity index (χ1n) is 6.53. The standard InChI is InChI=1S/C15H20N4/c1-4-19-11(2)15(18-12(19)3)6-5-14(16)13-7-9-17-10-8-13/h5-11H,4,16H2,1-3H3/b14-5-,15-6+. The zero-order valence-corrected chi connectivity index (χ0v) is 11.7. The summed E-state index contributed by atoms with van der Waals surface area (Å²) in [5.41, 5.74) is 8.80. The van der Waals surface area contributed by atoms with Gasteiger partial charge in [0.25, 0.3) is 0 Å². The molecule has 100 valence electrons. The van der Waals surface area contributed by atoms with E-state index in [1.165, 1.54) is 0 Å². The maximum atomic E-state index is 6.05. The molecule has 0 radical (unpaired) electrons. The molecule has 1 unspecified atom stereocenters. The maximum absolute atomic E-state index is 6.05. The highest BCUT2D eigenvalue weighted by Gasteiger charge is 2.23. The van der Waals surface area contributed by atoms with Crippen molar-refractivity contribution < 1.29 is 0 Å². The molecule has 1 aromatic heterocycles. The first-order valence-corrected chi connectivity index (χ1v) is 6.53. The lowest BCUT2D eigenvalue weighted by molar-refractivity contribution is 0.402. The number of nitrogens with zero attached hydrogens (tertiary/aromatic N) is 3. The molecule has 0 fully saturated rings. The van der Waals surface area contributed by atoms with E-state index in [1.54, 1.807) is 12.4 Å². The number of likely N-dealkylation sites (N-methyl/N-ethyl adjacent to an activating group) is 1. The first-order chi connectivity index (χ1) is 9.13. The van der Waals surface area contributed by atoms with Crippen LogP contribution in [0.4, 0.5) is 0 Å². The van der Waals surface area contributed by atoms with Crippen LogP contribution in [0, 0.1) is 0 Å². The number of allylic oxidation sites excluding steroid dienone is 2. The summed E-state index contributed by atoms with van der Waals surface area (Å²) in [6.07, 6.45) is 7.39. The van der Waals surface area contributed by atoms with Crippen LogP contribution < -0.4 is 5.73 Å². The summed E-state index contributed by atoms with van der Waals surface area (Å²) in [7, 11) is 0. The van der Waals surface area contributed by atoms with Gasteiger partial charge in [0.05, 0.1) is 11.7 Å². The monoisotopic (exact) mass is 256 g/mol. The molecular formula is C15H20N4. The molecule has 2 heterocycles. The second kappa shape index (κ2) is 5.69. The minimum absolute atomic E-state index is 0.312. The first kappa shape index (κ1) is 13.3. The topological polar surface area (TPSA) is 54.5 Å². The Bertz CT molecular complexity index is 528. The second-order valence-corrected chi connectivity index (χ2v) is 4.57. The van der Waals surface area contributed by atoms with Crippen LogP contribution in [0.15, 0.2) is 47.4 Å². The Hall–Kier alpha value is -2.10. The van der Waals surface area contributed by atoms with Crippen LogP contribution in [0.2, 0.25) is 0 Å². The van der Waals surface area contributed by atoms with Gasteiger partial charge in [0.1, 0.15) is 5.84 Å². The minimum Gasteiger partial charge on any atom is -0.398 e. The molecule has 1 aliphatic rings. The van der Waals surface area contributed by atoms with E-state index in [4.69, 9.17) is 5.73 Å². The Balaban J connectivity index is 2.20. The zero-order valence-electron chi connectivity index (χ0n) is 11.7. The van der Waals surface area contributed by atoms with Gasteiger partial charge in [0.15, 0.2) is 0 Å². The number of rotatable bonds is 3. The van der Waals surface area contributed by atoms with Gasteiger partial charge in [0.2, 0.25) is 0 Å². The summed E-state index contributed by atoms with van der Waals surface area (Å²) >= 11 is 0. The summed E-state index contributed by atoms with van der Waals surface area (Å²) in [5, 5.41) is 0. The number of aliphatic imine (C=N–C) groups is 1. The molecule has 0 bridgehead atoms. The van der Waals surface area contributed by atoms with E-state index < -0.39 is 0 Å². The van der Waals surface area contributed by atoms with Crippen LogP contribution >= 0.6 is 0 Å². The Kier molecular flexibility index (Phi) is 4.00. The van der Waals surface area contributed by atoms with E-state index in [2.05, 4.69) is 28.7 Å². The molecule has 4 heteroatoms. The highest BCUT2D eigenvalue weighted by atomic mass is 15.3. The molecule has 0 aliphatic carbocycles. The smallest absolute Gasteiger partial charge is 0.102 e. The van der Waals surface area contributed by atoms with Gasteiger partial charge in [-0.1, -0.05) is 0 Å². The molecule has 0 saturated carbocycles. The van der Waals surface area contributed by atoms with E-state index in [9.17, 15) is 0 Å². The van der Waals surface area contributed by atoms with Gasteiger partial charge in [0, 0.05) is 30.2 Å². The van der Waals surface area contributed by atoms with Crippen LogP contribution in [0.3, 0.4) is 0 Å². The van der Waals surface area contributed by atoms with Crippen LogP contribution in [0.25, 0.3) is 5.70 Å². The summed E-state index contributed by atoms with van der Waals surface area (Å²) in [6, 6.07) is 4.11. The predicted octanol–water partition coefficient (Wildman–Crippen LogP) is 2.41. The van der Waals surface area contributed by atoms with E-state index in [0.29, 0.717) is 6.04 Å². The van der Waals surface area contributed by atoms with Crippen LogP contribution in [0.5, 0.6) is 0 Å². The molecule has 0 amide bonds. The molecule has 1 atom stereocenters. The number of pyridine rings is 1. The van der Waals surface area contributed by atoms with Crippen molar-refractivity contribution in [2.75, 3.05) is 6.54 Å². The molecular weight excluding hydrogens is 236 g/mol. The number of aromatic nitrogens is 1. The summed E-state index contributed by atoms with van der Waals surface area (Å²) in [5.74, 6) is 1.07. The molecule has 19 heavy (non-hydrogen) atoms. The number of amidine groups is 1. The van der Waals surface area contributed by atoms with Crippen LogP contribution in [-0.2, 0) is 0 Å². The minimum atomic E-state index is 0.312. The Labute approximate surface area is 114 Å². The lowest BCUT2D eigenvalue weighted by Crippen LogP contribution is -2.32. The van der Waals surface area contributed by atoms with E-state index in [0.717, 1.165) is 29.3 Å². The predicted molar refractivity (Wildman–Crippen MR) is 79.4 cm³/mol. The van der Waals surface area contributed by atoms with E-state index >= 15 is 0 Å². The second-order valence-electron chi connectivity index (χ2n) is 4.57. The van der Waals surface area contributed by atoms with E-state index in [1.807, 2.05) is 31.2 Å². The fourth-order valence-corrected chi connectivity index (χ4v) is 2.28. The highest BCUT2D eigenvalue weighted by Crippen LogP contribution is 2.21. The average molecular weight is 256 g/mol. The Morgan fingerprint density at radius 2 is 2.11 bits per heavy atom. The molecule has 0 saturated heterocycles. The molecule has 2 N–H and O–H groups in total. The Morgan fingerprint density at radius 3 is 2.68 bits per heavy atom. The molecule has 0 aromatic carbocycles. The summed E-state index contributed by atoms with van der Waals surface area (Å²) < 4.78 is 0. The maximum Gasteiger partial charge on any atom is 0.102 e. The molecule has 4 nitrogen and oxygen atoms in total. The van der Waals surface area contributed by atoms with Crippen LogP contribution in [0.1, 0.15) is 26.3 Å². The van der Waals surface area contributed by atoms with E-state index in [-0.39, 0.29) is 0 Å². The summed E-state index contributed by atoms with van der Waals surface area (Å²) in [4.78, 5) is 10.8. The molecule has 1 aliphatic heterocycles. The van der Waals surface area contributed by atoms with Crippen molar-refractivity contribution in [3.8, 4) is 0 Å². The number of hydrogen-bond acceptors (Lipinski definition) is 4. The third-order valence-corrected chi connectivity index (χ3v) is 3.39. The largest absolute Gasteiger partial charge is 0.398 e. The quantitative estimate of drug-likeness (QED) is 0.903. The lowest BCUT2D eigenvalue weighted by Gasteiger charge is -2.21. The molecule has 0 spiro atoms. The van der Waals surface area contributed by atoms with Crippen molar-refractivity contribution >= 4 is 11.5 Å². The van der Waals surface area contributed by atoms with Crippen molar-refractivity contribution in [3.05, 3.63) is 47.9 Å². The van der Waals surface area contributed by atoms with Gasteiger partial charge in [-0.3, -0.25) is 4.98 Å². The van der Waals surface area contributed by atoms with Crippen molar-refractivity contribution in [1.82, 2.24) is 9.88 Å². The normalized spacial score (nSPS) is 21.9. The Morgan fingerprint density at radius 1 is 1.42 bits per heavy atom. The van der Waals surface area contributed by atoms with Gasteiger partial charge < -0.3 is 10.6 Å². The third kappa shape index (κ3) is 2.84. The van der Waals surface area contributed by atoms with Gasteiger partial charge in [-0.15, -0.1) is 0 Å². The van der Waals surface area contributed by atoms with Crippen molar-refractivity contribution in [1.29, 1.82) is 0 Å². The average Bonchev–Trinajstić information content (AvgIpc) is 2.71. The van der Waals surface area contributed by atoms with Crippen LogP contribution in [-0.4, -0.2) is 28.3 Å². The SMILES string of the molecule is CCN1C(C)=N/C(=C/C=C(\N)c2ccncc2)C1C. The molecule has 2 rings (SSSR count). The highest BCUT2D eigenvalue weighted by molar-refractivity contribution is 5.84. The van der Waals surface area contributed by atoms with Gasteiger partial charge in [-0.05, 0) is 45.1 Å². The molecule has 1 aromatic rings. The van der Waals surface area contributed by atoms with Gasteiger partial charge >= 0.3 is 0 Å². The number of hydrogen-bond donors (Lipinski definition) is 1. The third-order valence-electron chi connectivity index (χ3n) is 3.39. The fourth-order valence-electron chi connectivity index (χ4n) is 2.28. The van der Waals surface area contributed by atoms with Crippen molar-refractivity contribution in [2.45, 2.75) is 26.8 Å². The fraction of sp³-hybridized carbons (Fsp3) is 0.333. The van der Waals surface area contributed by atoms with Gasteiger partial charge in [-0.2, -0.15) is 0 Å². The van der Waals surface area contributed by atoms with Crippen molar-refractivity contribution in [2.24, 2.45) is 10.7 Å². The zero-order chi connectivity index (χ0) is 13.8. The lowest BCUT2D eigenvalue weighted by atomic mass is 10.1. The van der Waals surface area contributed by atoms with Gasteiger partial charge in [-0.25, -0.2) is 4.99 Å². The van der Waals surface area contributed by atoms with Crippen molar-refractivity contribution in [3.63, 3.8) is 0 Å².